The zero-order valence-corrected chi connectivity index (χ0v) is 14.1. The summed E-state index contributed by atoms with van der Waals surface area (Å²) in [6.07, 6.45) is 3.49. The Kier molecular flexibility index (Phi) is 4.88. The fourth-order valence-electron chi connectivity index (χ4n) is 2.89. The van der Waals surface area contributed by atoms with Crippen molar-refractivity contribution in [3.05, 3.63) is 39.9 Å². The van der Waals surface area contributed by atoms with E-state index >= 15 is 0 Å². The third kappa shape index (κ3) is 3.35. The van der Waals surface area contributed by atoms with E-state index < -0.39 is 0 Å². The second-order valence-corrected chi connectivity index (χ2v) is 6.44. The summed E-state index contributed by atoms with van der Waals surface area (Å²) in [5.41, 5.74) is 1.97. The summed E-state index contributed by atoms with van der Waals surface area (Å²) in [7, 11) is 1.68. The van der Waals surface area contributed by atoms with Crippen molar-refractivity contribution in [2.45, 2.75) is 25.9 Å². The lowest BCUT2D eigenvalue weighted by Crippen LogP contribution is -2.39. The number of nitrogens with zero attached hydrogens (tertiary/aromatic N) is 4. The van der Waals surface area contributed by atoms with Crippen LogP contribution in [0, 0.1) is 0 Å². The summed E-state index contributed by atoms with van der Waals surface area (Å²) in [6, 6.07) is 3.96. The maximum Gasteiger partial charge on any atom is 0.246 e. The third-order valence-electron chi connectivity index (χ3n) is 3.93. The van der Waals surface area contributed by atoms with Crippen molar-refractivity contribution in [2.24, 2.45) is 0 Å². The van der Waals surface area contributed by atoms with Gasteiger partial charge in [0.05, 0.1) is 18.8 Å². The minimum absolute atomic E-state index is 0.00352. The Morgan fingerprint density at radius 1 is 1.57 bits per heavy atom. The van der Waals surface area contributed by atoms with Crippen LogP contribution in [0.4, 0.5) is 0 Å². The van der Waals surface area contributed by atoms with Gasteiger partial charge in [0.2, 0.25) is 5.91 Å². The van der Waals surface area contributed by atoms with Crippen molar-refractivity contribution >= 4 is 23.3 Å². The van der Waals surface area contributed by atoms with Gasteiger partial charge in [-0.2, -0.15) is 0 Å². The van der Waals surface area contributed by atoms with Gasteiger partial charge in [-0.1, -0.05) is 11.3 Å². The Hall–Kier alpha value is -1.99. The summed E-state index contributed by atoms with van der Waals surface area (Å²) in [5, 5.41) is 10.4. The van der Waals surface area contributed by atoms with Crippen molar-refractivity contribution in [3.63, 3.8) is 0 Å². The molecule has 0 saturated carbocycles. The number of rotatable bonds is 5. The van der Waals surface area contributed by atoms with Crippen LogP contribution in [0.25, 0.3) is 6.08 Å². The molecule has 0 aromatic carbocycles. The average molecular weight is 332 g/mol. The Bertz CT molecular complexity index is 693. The SMILES string of the molecule is CCn1nnc2c1[C@@H](COC)CN(C(=O)/C=C/c1cccs1)C2. The normalized spacial score (nSPS) is 17.7. The van der Waals surface area contributed by atoms with Gasteiger partial charge in [0.1, 0.15) is 5.69 Å². The van der Waals surface area contributed by atoms with Crippen LogP contribution in [-0.2, 0) is 22.6 Å². The summed E-state index contributed by atoms with van der Waals surface area (Å²) in [6.45, 7) is 4.50. The van der Waals surface area contributed by atoms with E-state index in [-0.39, 0.29) is 11.8 Å². The number of methoxy groups -OCH3 is 1. The van der Waals surface area contributed by atoms with E-state index in [2.05, 4.69) is 10.3 Å². The Balaban J connectivity index is 1.78. The first-order valence-electron chi connectivity index (χ1n) is 7.64. The van der Waals surface area contributed by atoms with Gasteiger partial charge in [-0.25, -0.2) is 4.68 Å². The molecule has 2 aromatic heterocycles. The van der Waals surface area contributed by atoms with Crippen LogP contribution in [0.1, 0.15) is 29.1 Å². The van der Waals surface area contributed by atoms with Gasteiger partial charge in [-0.15, -0.1) is 16.4 Å². The van der Waals surface area contributed by atoms with E-state index in [0.717, 1.165) is 22.8 Å². The molecule has 3 rings (SSSR count). The molecule has 0 bridgehead atoms. The van der Waals surface area contributed by atoms with E-state index in [4.69, 9.17) is 4.74 Å². The average Bonchev–Trinajstić information content (AvgIpc) is 3.22. The van der Waals surface area contributed by atoms with Gasteiger partial charge in [0, 0.05) is 37.1 Å². The highest BCUT2D eigenvalue weighted by atomic mass is 32.1. The van der Waals surface area contributed by atoms with E-state index in [9.17, 15) is 4.79 Å². The summed E-state index contributed by atoms with van der Waals surface area (Å²) >= 11 is 1.61. The molecule has 23 heavy (non-hydrogen) atoms. The quantitative estimate of drug-likeness (QED) is 0.787. The van der Waals surface area contributed by atoms with Crippen molar-refractivity contribution in [2.75, 3.05) is 20.3 Å². The predicted molar refractivity (Wildman–Crippen MR) is 89.1 cm³/mol. The Morgan fingerprint density at radius 3 is 3.13 bits per heavy atom. The summed E-state index contributed by atoms with van der Waals surface area (Å²) in [5.74, 6) is 0.106. The van der Waals surface area contributed by atoms with E-state index in [1.807, 2.05) is 40.1 Å². The molecule has 0 radical (unpaired) electrons. The molecule has 0 fully saturated rings. The highest BCUT2D eigenvalue weighted by molar-refractivity contribution is 7.10. The smallest absolute Gasteiger partial charge is 0.246 e. The molecular formula is C16H20N4O2S. The van der Waals surface area contributed by atoms with Gasteiger partial charge < -0.3 is 9.64 Å². The molecule has 0 aliphatic carbocycles. The molecule has 0 spiro atoms. The maximum absolute atomic E-state index is 12.5. The lowest BCUT2D eigenvalue weighted by molar-refractivity contribution is -0.127. The fourth-order valence-corrected chi connectivity index (χ4v) is 3.51. The Morgan fingerprint density at radius 2 is 2.43 bits per heavy atom. The highest BCUT2D eigenvalue weighted by Crippen LogP contribution is 2.27. The molecule has 6 nitrogen and oxygen atoms in total. The van der Waals surface area contributed by atoms with Crippen molar-refractivity contribution in [1.82, 2.24) is 19.9 Å². The molecule has 1 atom stereocenters. The van der Waals surface area contributed by atoms with Gasteiger partial charge in [0.15, 0.2) is 0 Å². The molecule has 1 aliphatic heterocycles. The number of carbonyl (C=O) groups is 1. The highest BCUT2D eigenvalue weighted by Gasteiger charge is 2.31. The predicted octanol–water partition coefficient (Wildman–Crippen LogP) is 2.15. The number of carbonyl (C=O) groups excluding carboxylic acids is 1. The number of fused-ring (bicyclic) bond motifs is 1. The number of ether oxygens (including phenoxy) is 1. The van der Waals surface area contributed by atoms with E-state index in [1.165, 1.54) is 0 Å². The van der Waals surface area contributed by atoms with Crippen molar-refractivity contribution in [3.8, 4) is 0 Å². The molecule has 1 aliphatic rings. The number of hydrogen-bond acceptors (Lipinski definition) is 5. The molecule has 1 amide bonds. The second-order valence-electron chi connectivity index (χ2n) is 5.46. The van der Waals surface area contributed by atoms with Crippen LogP contribution in [0.15, 0.2) is 23.6 Å². The van der Waals surface area contributed by atoms with Crippen molar-refractivity contribution in [1.29, 1.82) is 0 Å². The first-order chi connectivity index (χ1) is 11.2. The van der Waals surface area contributed by atoms with Crippen molar-refractivity contribution < 1.29 is 9.53 Å². The van der Waals surface area contributed by atoms with Crippen LogP contribution in [0.3, 0.4) is 0 Å². The molecule has 0 saturated heterocycles. The first kappa shape index (κ1) is 15.9. The topological polar surface area (TPSA) is 60.2 Å². The van der Waals surface area contributed by atoms with Gasteiger partial charge in [-0.05, 0) is 24.4 Å². The van der Waals surface area contributed by atoms with E-state index in [0.29, 0.717) is 19.7 Å². The molecule has 2 aromatic rings. The lowest BCUT2D eigenvalue weighted by atomic mass is 9.98. The molecule has 3 heterocycles. The standard InChI is InChI=1S/C16H20N4O2S/c1-3-20-16-12(11-22-2)9-19(10-14(16)17-18-20)15(21)7-6-13-5-4-8-23-13/h4-8,12H,3,9-11H2,1-2H3/b7-6+/t12-/m1/s1. The molecule has 7 heteroatoms. The van der Waals surface area contributed by atoms with Crippen LogP contribution in [-0.4, -0.2) is 46.1 Å². The number of amides is 1. The fraction of sp³-hybridized carbons (Fsp3) is 0.438. The van der Waals surface area contributed by atoms with Gasteiger partial charge >= 0.3 is 0 Å². The largest absolute Gasteiger partial charge is 0.384 e. The van der Waals surface area contributed by atoms with Crippen LogP contribution in [0.2, 0.25) is 0 Å². The minimum atomic E-state index is -0.00352. The molecule has 122 valence electrons. The second kappa shape index (κ2) is 7.06. The molecular weight excluding hydrogens is 312 g/mol. The molecule has 0 unspecified atom stereocenters. The van der Waals surface area contributed by atoms with Gasteiger partial charge in [0.25, 0.3) is 0 Å². The monoisotopic (exact) mass is 332 g/mol. The first-order valence-corrected chi connectivity index (χ1v) is 8.52. The lowest BCUT2D eigenvalue weighted by Gasteiger charge is -2.31. The number of aryl methyl sites for hydroxylation is 1. The van der Waals surface area contributed by atoms with E-state index in [1.54, 1.807) is 24.5 Å². The number of hydrogen-bond donors (Lipinski definition) is 0. The maximum atomic E-state index is 12.5. The number of aromatic nitrogens is 3. The number of thiophene rings is 1. The zero-order valence-electron chi connectivity index (χ0n) is 13.3. The zero-order chi connectivity index (χ0) is 16.2. The molecule has 0 N–H and O–H groups in total. The van der Waals surface area contributed by atoms with Crippen LogP contribution >= 0.6 is 11.3 Å². The summed E-state index contributed by atoms with van der Waals surface area (Å²) < 4.78 is 7.24. The Labute approximate surface area is 139 Å². The minimum Gasteiger partial charge on any atom is -0.384 e. The summed E-state index contributed by atoms with van der Waals surface area (Å²) in [4.78, 5) is 15.4. The van der Waals surface area contributed by atoms with Crippen LogP contribution < -0.4 is 0 Å². The van der Waals surface area contributed by atoms with Gasteiger partial charge in [-0.3, -0.25) is 4.79 Å². The third-order valence-corrected chi connectivity index (χ3v) is 4.77. The van der Waals surface area contributed by atoms with Crippen LogP contribution in [0.5, 0.6) is 0 Å².